The fraction of sp³-hybridized carbons (Fsp3) is 0.227. The Balaban J connectivity index is 1.72. The Morgan fingerprint density at radius 2 is 1.81 bits per heavy atom. The van der Waals surface area contributed by atoms with Crippen molar-refractivity contribution >= 4 is 81.0 Å². The number of thioether (sulfide) groups is 1. The molecule has 10 heteroatoms. The predicted octanol–water partition coefficient (Wildman–Crippen LogP) is 5.72. The van der Waals surface area contributed by atoms with Crippen molar-refractivity contribution in [1.29, 1.82) is 0 Å². The molecule has 5 nitrogen and oxygen atoms in total. The van der Waals surface area contributed by atoms with Crippen molar-refractivity contribution in [3.8, 4) is 5.75 Å². The van der Waals surface area contributed by atoms with Gasteiger partial charge in [-0.05, 0) is 49.8 Å². The SMILES string of the molecule is CCN1C(=O)/C(=C/c2ccc(OC(NC(=O)c3ccc(C)cc3)C(Cl)(Cl)Cl)cc2)SC1=S. The minimum atomic E-state index is -1.91. The quantitative estimate of drug-likeness (QED) is 0.224. The third-order valence-corrected chi connectivity index (χ3v) is 6.47. The fourth-order valence-electron chi connectivity index (χ4n) is 2.79. The van der Waals surface area contributed by atoms with Crippen LogP contribution in [0, 0.1) is 6.92 Å². The van der Waals surface area contributed by atoms with Crippen LogP contribution in [0.1, 0.15) is 28.4 Å². The molecule has 1 N–H and O–H groups in total. The average molecular weight is 530 g/mol. The molecule has 0 spiro atoms. The van der Waals surface area contributed by atoms with Crippen LogP contribution in [0.3, 0.4) is 0 Å². The van der Waals surface area contributed by atoms with Crippen LogP contribution in [-0.2, 0) is 4.79 Å². The third-order valence-electron chi connectivity index (χ3n) is 4.49. The molecule has 168 valence electrons. The lowest BCUT2D eigenvalue weighted by Gasteiger charge is -2.26. The van der Waals surface area contributed by atoms with Gasteiger partial charge in [-0.25, -0.2) is 0 Å². The van der Waals surface area contributed by atoms with Crippen LogP contribution in [0.4, 0.5) is 0 Å². The molecular formula is C22H19Cl3N2O3S2. The number of hydrogen-bond acceptors (Lipinski definition) is 5. The number of likely N-dealkylation sites (N-methyl/N-ethyl adjacent to an activating group) is 1. The lowest BCUT2D eigenvalue weighted by molar-refractivity contribution is -0.121. The second-order valence-corrected chi connectivity index (χ2v) is 10.9. The van der Waals surface area contributed by atoms with Crippen LogP contribution in [0.15, 0.2) is 53.4 Å². The standard InChI is InChI=1S/C22H19Cl3N2O3S2/c1-3-27-19(29)17(32-21(27)31)12-14-6-10-16(11-7-14)30-20(22(23,24)25)26-18(28)15-8-4-13(2)5-9-15/h4-12,20H,3H2,1-2H3,(H,26,28)/b17-12-. The van der Waals surface area contributed by atoms with Gasteiger partial charge in [-0.3, -0.25) is 14.5 Å². The van der Waals surface area contributed by atoms with Crippen LogP contribution in [0.25, 0.3) is 6.08 Å². The highest BCUT2D eigenvalue weighted by Gasteiger charge is 2.36. The second-order valence-electron chi connectivity index (χ2n) is 6.87. The maximum Gasteiger partial charge on any atom is 0.266 e. The van der Waals surface area contributed by atoms with E-state index in [9.17, 15) is 9.59 Å². The van der Waals surface area contributed by atoms with E-state index < -0.39 is 15.9 Å². The maximum atomic E-state index is 12.5. The summed E-state index contributed by atoms with van der Waals surface area (Å²) >= 11 is 24.6. The Labute approximate surface area is 211 Å². The summed E-state index contributed by atoms with van der Waals surface area (Å²) < 4.78 is 4.37. The van der Waals surface area contributed by atoms with Crippen LogP contribution in [0.2, 0.25) is 0 Å². The Hall–Kier alpha value is -1.77. The lowest BCUT2D eigenvalue weighted by Crippen LogP contribution is -2.47. The first kappa shape index (κ1) is 24.9. The molecule has 3 rings (SSSR count). The molecule has 1 aliphatic rings. The Morgan fingerprint density at radius 3 is 2.34 bits per heavy atom. The van der Waals surface area contributed by atoms with Gasteiger partial charge in [0.05, 0.1) is 4.91 Å². The molecule has 1 heterocycles. The van der Waals surface area contributed by atoms with Crippen molar-refractivity contribution < 1.29 is 14.3 Å². The molecule has 32 heavy (non-hydrogen) atoms. The summed E-state index contributed by atoms with van der Waals surface area (Å²) in [5.74, 6) is -0.169. The molecule has 0 bridgehead atoms. The first-order valence-corrected chi connectivity index (χ1v) is 11.9. The van der Waals surface area contributed by atoms with Crippen molar-refractivity contribution in [2.24, 2.45) is 0 Å². The van der Waals surface area contributed by atoms with E-state index in [1.54, 1.807) is 47.4 Å². The minimum Gasteiger partial charge on any atom is -0.466 e. The number of alkyl halides is 3. The van der Waals surface area contributed by atoms with Gasteiger partial charge in [0.25, 0.3) is 11.8 Å². The molecule has 0 aromatic heterocycles. The highest BCUT2D eigenvalue weighted by molar-refractivity contribution is 8.26. The molecule has 0 saturated carbocycles. The molecule has 1 atom stereocenters. The van der Waals surface area contributed by atoms with Gasteiger partial charge >= 0.3 is 0 Å². The first-order chi connectivity index (χ1) is 15.1. The van der Waals surface area contributed by atoms with Gasteiger partial charge in [0, 0.05) is 12.1 Å². The number of hydrogen-bond donors (Lipinski definition) is 1. The van der Waals surface area contributed by atoms with Crippen molar-refractivity contribution in [2.75, 3.05) is 6.54 Å². The van der Waals surface area contributed by atoms with Crippen molar-refractivity contribution in [2.45, 2.75) is 23.9 Å². The van der Waals surface area contributed by atoms with E-state index in [-0.39, 0.29) is 5.91 Å². The summed E-state index contributed by atoms with van der Waals surface area (Å²) in [6.07, 6.45) is 0.526. The zero-order valence-electron chi connectivity index (χ0n) is 17.1. The van der Waals surface area contributed by atoms with Crippen LogP contribution in [-0.4, -0.2) is 37.6 Å². The van der Waals surface area contributed by atoms with Crippen molar-refractivity contribution in [3.05, 3.63) is 70.1 Å². The van der Waals surface area contributed by atoms with E-state index in [4.69, 9.17) is 51.8 Å². The monoisotopic (exact) mass is 528 g/mol. The van der Waals surface area contributed by atoms with Gasteiger partial charge in [0.1, 0.15) is 10.1 Å². The Kier molecular flexibility index (Phi) is 8.11. The molecule has 1 fully saturated rings. The van der Waals surface area contributed by atoms with E-state index in [1.807, 2.05) is 26.0 Å². The van der Waals surface area contributed by atoms with Crippen LogP contribution < -0.4 is 10.1 Å². The Morgan fingerprint density at radius 1 is 1.19 bits per heavy atom. The molecule has 2 aromatic carbocycles. The van der Waals surface area contributed by atoms with E-state index >= 15 is 0 Å². The molecule has 1 aliphatic heterocycles. The number of thiocarbonyl (C=S) groups is 1. The van der Waals surface area contributed by atoms with Gasteiger partial charge in [-0.15, -0.1) is 0 Å². The van der Waals surface area contributed by atoms with Gasteiger partial charge in [-0.1, -0.05) is 88.6 Å². The summed E-state index contributed by atoms with van der Waals surface area (Å²) in [5, 5.41) is 2.60. The third kappa shape index (κ3) is 6.17. The van der Waals surface area contributed by atoms with Gasteiger partial charge < -0.3 is 10.1 Å². The topological polar surface area (TPSA) is 58.6 Å². The van der Waals surface area contributed by atoms with Crippen molar-refractivity contribution in [1.82, 2.24) is 10.2 Å². The number of rotatable bonds is 6. The van der Waals surface area contributed by atoms with Crippen LogP contribution in [0.5, 0.6) is 5.75 Å². The second kappa shape index (κ2) is 10.4. The predicted molar refractivity (Wildman–Crippen MR) is 135 cm³/mol. The molecule has 0 aliphatic carbocycles. The number of nitrogens with zero attached hydrogens (tertiary/aromatic N) is 1. The lowest BCUT2D eigenvalue weighted by atomic mass is 10.1. The number of ether oxygens (including phenoxy) is 1. The number of carbonyl (C=O) groups excluding carboxylic acids is 2. The van der Waals surface area contributed by atoms with Gasteiger partial charge in [0.15, 0.2) is 0 Å². The van der Waals surface area contributed by atoms with E-state index in [0.717, 1.165) is 11.1 Å². The number of nitrogens with one attached hydrogen (secondary N) is 1. The summed E-state index contributed by atoms with van der Waals surface area (Å²) in [6, 6.07) is 13.8. The number of amides is 2. The minimum absolute atomic E-state index is 0.113. The maximum absolute atomic E-state index is 12.5. The first-order valence-electron chi connectivity index (χ1n) is 9.55. The normalized spacial score (nSPS) is 16.4. The smallest absolute Gasteiger partial charge is 0.266 e. The number of benzene rings is 2. The molecule has 1 unspecified atom stereocenters. The van der Waals surface area contributed by atoms with Gasteiger partial charge in [-0.2, -0.15) is 0 Å². The van der Waals surface area contributed by atoms with Gasteiger partial charge in [0.2, 0.25) is 10.0 Å². The van der Waals surface area contributed by atoms with Crippen LogP contribution >= 0.6 is 58.8 Å². The summed E-state index contributed by atoms with van der Waals surface area (Å²) in [4.78, 5) is 27.0. The Bertz CT molecular complexity index is 1050. The zero-order chi connectivity index (χ0) is 23.5. The number of aryl methyl sites for hydroxylation is 1. The molecular weight excluding hydrogens is 511 g/mol. The molecule has 0 radical (unpaired) electrons. The number of halogens is 3. The van der Waals surface area contributed by atoms with E-state index in [0.29, 0.717) is 27.1 Å². The summed E-state index contributed by atoms with van der Waals surface area (Å²) in [6.45, 7) is 4.32. The molecule has 2 amide bonds. The van der Waals surface area contributed by atoms with Crippen molar-refractivity contribution in [3.63, 3.8) is 0 Å². The number of carbonyl (C=O) groups is 2. The summed E-state index contributed by atoms with van der Waals surface area (Å²) in [5.41, 5.74) is 2.22. The zero-order valence-corrected chi connectivity index (χ0v) is 21.0. The summed E-state index contributed by atoms with van der Waals surface area (Å²) in [7, 11) is 0. The highest BCUT2D eigenvalue weighted by atomic mass is 35.6. The van der Waals surface area contributed by atoms with E-state index in [1.165, 1.54) is 11.8 Å². The van der Waals surface area contributed by atoms with E-state index in [2.05, 4.69) is 5.32 Å². The largest absolute Gasteiger partial charge is 0.466 e. The average Bonchev–Trinajstić information content (AvgIpc) is 3.00. The molecule has 2 aromatic rings. The highest BCUT2D eigenvalue weighted by Crippen LogP contribution is 2.34. The fourth-order valence-corrected chi connectivity index (χ4v) is 4.47. The molecule has 1 saturated heterocycles.